The van der Waals surface area contributed by atoms with Gasteiger partial charge in [0.2, 0.25) is 5.88 Å². The lowest BCUT2D eigenvalue weighted by molar-refractivity contribution is -0.143. The third kappa shape index (κ3) is 2.35. The average molecular weight is 284 g/mol. The Hall–Kier alpha value is -1.82. The Balaban J connectivity index is 2.64. The number of alkyl halides is 1. The normalized spacial score (nSPS) is 12.4. The van der Waals surface area contributed by atoms with Crippen LogP contribution in [0, 0.1) is 0 Å². The van der Waals surface area contributed by atoms with Crippen molar-refractivity contribution in [2.24, 2.45) is 0 Å². The van der Waals surface area contributed by atoms with Gasteiger partial charge >= 0.3 is 5.97 Å². The van der Waals surface area contributed by atoms with Crippen molar-refractivity contribution >= 4 is 28.7 Å². The van der Waals surface area contributed by atoms with E-state index < -0.39 is 6.04 Å². The number of esters is 1. The zero-order valence-electron chi connectivity index (χ0n) is 10.9. The van der Waals surface area contributed by atoms with Gasteiger partial charge in [-0.2, -0.15) is 4.98 Å². The highest BCUT2D eigenvalue weighted by Gasteiger charge is 2.22. The number of nitrogens with zero attached hydrogens (tertiary/aromatic N) is 3. The van der Waals surface area contributed by atoms with E-state index >= 15 is 0 Å². The summed E-state index contributed by atoms with van der Waals surface area (Å²) in [4.78, 5) is 20.4. The number of rotatable bonds is 4. The maximum absolute atomic E-state index is 11.7. The number of aromatic nitrogens is 3. The molecule has 0 aliphatic heterocycles. The summed E-state index contributed by atoms with van der Waals surface area (Å²) in [5, 5.41) is 0. The molecule has 6 nitrogen and oxygen atoms in total. The first kappa shape index (κ1) is 13.6. The number of ether oxygens (including phenoxy) is 2. The Morgan fingerprint density at radius 3 is 2.74 bits per heavy atom. The van der Waals surface area contributed by atoms with E-state index in [1.807, 2.05) is 0 Å². The lowest BCUT2D eigenvalue weighted by atomic mass is 10.3. The molecule has 0 aliphatic rings. The van der Waals surface area contributed by atoms with Gasteiger partial charge in [-0.3, -0.25) is 4.57 Å². The van der Waals surface area contributed by atoms with Crippen molar-refractivity contribution in [2.75, 3.05) is 14.2 Å². The highest BCUT2D eigenvalue weighted by atomic mass is 35.5. The van der Waals surface area contributed by atoms with Gasteiger partial charge in [0.05, 0.1) is 20.1 Å². The van der Waals surface area contributed by atoms with Crippen LogP contribution in [0.25, 0.3) is 11.2 Å². The summed E-state index contributed by atoms with van der Waals surface area (Å²) < 4.78 is 11.5. The van der Waals surface area contributed by atoms with Crippen LogP contribution >= 0.6 is 11.6 Å². The quantitative estimate of drug-likeness (QED) is 0.633. The Morgan fingerprint density at radius 1 is 1.42 bits per heavy atom. The van der Waals surface area contributed by atoms with E-state index in [4.69, 9.17) is 21.1 Å². The van der Waals surface area contributed by atoms with Gasteiger partial charge in [-0.05, 0) is 13.0 Å². The Kier molecular flexibility index (Phi) is 3.90. The fourth-order valence-electron chi connectivity index (χ4n) is 1.89. The SMILES string of the molecule is COC(=O)C(C)n1c(CCl)nc2ccc(OC)nc21. The van der Waals surface area contributed by atoms with Gasteiger partial charge in [-0.1, -0.05) is 0 Å². The first-order valence-electron chi connectivity index (χ1n) is 5.68. The molecule has 0 fully saturated rings. The molecule has 2 rings (SSSR count). The minimum Gasteiger partial charge on any atom is -0.481 e. The third-order valence-electron chi connectivity index (χ3n) is 2.84. The van der Waals surface area contributed by atoms with Crippen molar-refractivity contribution in [3.63, 3.8) is 0 Å². The molecule has 2 aromatic rings. The third-order valence-corrected chi connectivity index (χ3v) is 3.08. The molecule has 0 saturated heterocycles. The average Bonchev–Trinajstić information content (AvgIpc) is 2.82. The van der Waals surface area contributed by atoms with Crippen molar-refractivity contribution in [1.82, 2.24) is 14.5 Å². The monoisotopic (exact) mass is 283 g/mol. The molecule has 0 N–H and O–H groups in total. The second kappa shape index (κ2) is 5.44. The van der Waals surface area contributed by atoms with E-state index in [0.717, 1.165) is 0 Å². The minimum absolute atomic E-state index is 0.181. The zero-order valence-corrected chi connectivity index (χ0v) is 11.6. The molecule has 7 heteroatoms. The van der Waals surface area contributed by atoms with Crippen LogP contribution in [-0.2, 0) is 15.4 Å². The number of fused-ring (bicyclic) bond motifs is 1. The van der Waals surface area contributed by atoms with Crippen LogP contribution in [0.15, 0.2) is 12.1 Å². The molecule has 1 unspecified atom stereocenters. The van der Waals surface area contributed by atoms with Crippen LogP contribution in [0.1, 0.15) is 18.8 Å². The van der Waals surface area contributed by atoms with E-state index in [1.165, 1.54) is 14.2 Å². The Morgan fingerprint density at radius 2 is 2.16 bits per heavy atom. The molecular weight excluding hydrogens is 270 g/mol. The lowest BCUT2D eigenvalue weighted by Gasteiger charge is -2.14. The molecule has 2 aromatic heterocycles. The van der Waals surface area contributed by atoms with Gasteiger partial charge in [-0.25, -0.2) is 9.78 Å². The van der Waals surface area contributed by atoms with Gasteiger partial charge in [0.15, 0.2) is 5.65 Å². The maximum Gasteiger partial charge on any atom is 0.328 e. The summed E-state index contributed by atoms with van der Waals surface area (Å²) in [6.07, 6.45) is 0. The molecule has 2 heterocycles. The molecule has 0 saturated carbocycles. The summed E-state index contributed by atoms with van der Waals surface area (Å²) in [6.45, 7) is 1.71. The fourth-order valence-corrected chi connectivity index (χ4v) is 2.08. The fraction of sp³-hybridized carbons (Fsp3) is 0.417. The predicted octanol–water partition coefficient (Wildman–Crippen LogP) is 1.91. The first-order valence-corrected chi connectivity index (χ1v) is 6.21. The van der Waals surface area contributed by atoms with E-state index in [9.17, 15) is 4.79 Å². The van der Waals surface area contributed by atoms with Gasteiger partial charge in [-0.15, -0.1) is 11.6 Å². The van der Waals surface area contributed by atoms with Crippen LogP contribution in [-0.4, -0.2) is 34.7 Å². The molecule has 0 amide bonds. The topological polar surface area (TPSA) is 66.2 Å². The lowest BCUT2D eigenvalue weighted by Crippen LogP contribution is -2.19. The smallest absolute Gasteiger partial charge is 0.328 e. The van der Waals surface area contributed by atoms with Gasteiger partial charge in [0.25, 0.3) is 0 Å². The molecule has 0 bridgehead atoms. The van der Waals surface area contributed by atoms with Crippen molar-refractivity contribution in [3.8, 4) is 5.88 Å². The summed E-state index contributed by atoms with van der Waals surface area (Å²) >= 11 is 5.87. The number of pyridine rings is 1. The van der Waals surface area contributed by atoms with Gasteiger partial charge in [0.1, 0.15) is 17.4 Å². The zero-order chi connectivity index (χ0) is 14.0. The van der Waals surface area contributed by atoms with Crippen LogP contribution < -0.4 is 4.74 Å². The summed E-state index contributed by atoms with van der Waals surface area (Å²) in [5.74, 6) is 0.817. The Bertz CT molecular complexity index is 612. The van der Waals surface area contributed by atoms with Gasteiger partial charge < -0.3 is 9.47 Å². The van der Waals surface area contributed by atoms with Crippen molar-refractivity contribution in [1.29, 1.82) is 0 Å². The van der Waals surface area contributed by atoms with Crippen LogP contribution in [0.2, 0.25) is 0 Å². The number of hydrogen-bond acceptors (Lipinski definition) is 5. The predicted molar refractivity (Wildman–Crippen MR) is 70.4 cm³/mol. The van der Waals surface area contributed by atoms with Crippen LogP contribution in [0.5, 0.6) is 5.88 Å². The summed E-state index contributed by atoms with van der Waals surface area (Å²) in [5.41, 5.74) is 1.21. The van der Waals surface area contributed by atoms with E-state index in [0.29, 0.717) is 22.9 Å². The molecule has 0 spiro atoms. The number of halogens is 1. The standard InChI is InChI=1S/C12H14ClN3O3/c1-7(12(17)19-3)16-9(6-13)14-8-4-5-10(18-2)15-11(8)16/h4-5,7H,6H2,1-3H3. The van der Waals surface area contributed by atoms with E-state index in [1.54, 1.807) is 23.6 Å². The second-order valence-electron chi connectivity index (χ2n) is 3.93. The molecule has 102 valence electrons. The van der Waals surface area contributed by atoms with Crippen LogP contribution in [0.3, 0.4) is 0 Å². The Labute approximate surface area is 115 Å². The van der Waals surface area contributed by atoms with Crippen LogP contribution in [0.4, 0.5) is 0 Å². The van der Waals surface area contributed by atoms with Crippen molar-refractivity contribution < 1.29 is 14.3 Å². The van der Waals surface area contributed by atoms with Gasteiger partial charge in [0, 0.05) is 6.07 Å². The molecule has 1 atom stereocenters. The number of carbonyl (C=O) groups is 1. The van der Waals surface area contributed by atoms with Crippen molar-refractivity contribution in [2.45, 2.75) is 18.8 Å². The summed E-state index contributed by atoms with van der Waals surface area (Å²) in [6, 6.07) is 2.93. The van der Waals surface area contributed by atoms with Crippen molar-refractivity contribution in [3.05, 3.63) is 18.0 Å². The molecular formula is C12H14ClN3O3. The number of methoxy groups -OCH3 is 2. The second-order valence-corrected chi connectivity index (χ2v) is 4.19. The first-order chi connectivity index (χ1) is 9.12. The number of carbonyl (C=O) groups excluding carboxylic acids is 1. The minimum atomic E-state index is -0.552. The molecule has 0 radical (unpaired) electrons. The van der Waals surface area contributed by atoms with E-state index in [2.05, 4.69) is 9.97 Å². The summed E-state index contributed by atoms with van der Waals surface area (Å²) in [7, 11) is 2.87. The highest BCUT2D eigenvalue weighted by molar-refractivity contribution is 6.16. The molecule has 0 aliphatic carbocycles. The van der Waals surface area contributed by atoms with E-state index in [-0.39, 0.29) is 11.8 Å². The maximum atomic E-state index is 11.7. The number of imidazole rings is 1. The number of hydrogen-bond donors (Lipinski definition) is 0. The molecule has 19 heavy (non-hydrogen) atoms. The molecule has 0 aromatic carbocycles. The largest absolute Gasteiger partial charge is 0.481 e. The highest BCUT2D eigenvalue weighted by Crippen LogP contribution is 2.23.